The Morgan fingerprint density at radius 3 is 2.56 bits per heavy atom. The zero-order valence-corrected chi connectivity index (χ0v) is 18.1. The van der Waals surface area contributed by atoms with Crippen LogP contribution >= 0.6 is 0 Å². The standard InChI is InChI=1S/C25H25N3O4/c1-27-18-12-6-4-10-16(18)24(23(27)31)20(21(29)32-2)19-13-7-8-14-28(19)25(24)15-9-3-5-11-17(15)26-22(25)30/h3-6,9-12,19-20H,7-8,13-14H2,1-2H3,(H,26,30)/t19-,20+,24-,25-/m1/s1. The number of hydrogen-bond acceptors (Lipinski definition) is 5. The van der Waals surface area contributed by atoms with Crippen molar-refractivity contribution in [1.82, 2.24) is 4.90 Å². The average Bonchev–Trinajstić information content (AvgIpc) is 3.36. The number of amides is 2. The van der Waals surface area contributed by atoms with Crippen molar-refractivity contribution in [2.45, 2.75) is 36.3 Å². The minimum absolute atomic E-state index is 0.227. The zero-order valence-electron chi connectivity index (χ0n) is 18.1. The molecule has 0 aromatic heterocycles. The lowest BCUT2D eigenvalue weighted by atomic mass is 9.58. The van der Waals surface area contributed by atoms with E-state index < -0.39 is 22.8 Å². The molecule has 2 fully saturated rings. The Morgan fingerprint density at radius 2 is 1.78 bits per heavy atom. The molecule has 7 heteroatoms. The molecule has 0 radical (unpaired) electrons. The number of likely N-dealkylation sites (N-methyl/N-ethyl adjacent to an activating group) is 1. The number of esters is 1. The molecule has 2 aromatic carbocycles. The van der Waals surface area contributed by atoms with Gasteiger partial charge in [-0.3, -0.25) is 19.3 Å². The molecule has 2 amide bonds. The Bertz CT molecular complexity index is 1180. The number of anilines is 2. The Hall–Kier alpha value is -3.19. The Kier molecular flexibility index (Phi) is 3.91. The van der Waals surface area contributed by atoms with Crippen LogP contribution in [0.25, 0.3) is 0 Å². The summed E-state index contributed by atoms with van der Waals surface area (Å²) in [5.74, 6) is -1.69. The fourth-order valence-electron chi connectivity index (χ4n) is 7.08. The topological polar surface area (TPSA) is 79.0 Å². The van der Waals surface area contributed by atoms with E-state index in [2.05, 4.69) is 10.2 Å². The molecule has 0 saturated carbocycles. The second-order valence-electron chi connectivity index (χ2n) is 9.16. The summed E-state index contributed by atoms with van der Waals surface area (Å²) in [7, 11) is 3.10. The molecule has 0 bridgehead atoms. The first-order valence-corrected chi connectivity index (χ1v) is 11.1. The highest BCUT2D eigenvalue weighted by molar-refractivity contribution is 6.20. The van der Waals surface area contributed by atoms with Crippen LogP contribution in [-0.2, 0) is 30.1 Å². The Morgan fingerprint density at radius 1 is 1.06 bits per heavy atom. The van der Waals surface area contributed by atoms with Crippen LogP contribution in [0.2, 0.25) is 0 Å². The van der Waals surface area contributed by atoms with E-state index >= 15 is 0 Å². The normalized spacial score (nSPS) is 32.8. The van der Waals surface area contributed by atoms with Crippen molar-refractivity contribution in [1.29, 1.82) is 0 Å². The first kappa shape index (κ1) is 19.5. The summed E-state index contributed by atoms with van der Waals surface area (Å²) in [6.07, 6.45) is 2.58. The van der Waals surface area contributed by atoms with Gasteiger partial charge in [0, 0.05) is 30.0 Å². The van der Waals surface area contributed by atoms with E-state index in [-0.39, 0.29) is 17.9 Å². The number of carbonyl (C=O) groups is 3. The first-order valence-electron chi connectivity index (χ1n) is 11.1. The van der Waals surface area contributed by atoms with Crippen molar-refractivity contribution in [2.75, 3.05) is 30.9 Å². The average molecular weight is 431 g/mol. The van der Waals surface area contributed by atoms with Crippen molar-refractivity contribution in [2.24, 2.45) is 5.92 Å². The number of nitrogens with zero attached hydrogens (tertiary/aromatic N) is 2. The second kappa shape index (κ2) is 6.42. The van der Waals surface area contributed by atoms with E-state index in [4.69, 9.17) is 4.74 Å². The molecule has 0 aliphatic carbocycles. The smallest absolute Gasteiger partial charge is 0.311 e. The van der Waals surface area contributed by atoms with Gasteiger partial charge in [0.15, 0.2) is 0 Å². The van der Waals surface area contributed by atoms with E-state index in [1.807, 2.05) is 48.5 Å². The fraction of sp³-hybridized carbons (Fsp3) is 0.400. The lowest BCUT2D eigenvalue weighted by Crippen LogP contribution is -2.63. The molecule has 6 rings (SSSR count). The summed E-state index contributed by atoms with van der Waals surface area (Å²) in [4.78, 5) is 45.8. The third kappa shape index (κ3) is 1.91. The van der Waals surface area contributed by atoms with Crippen LogP contribution in [0.15, 0.2) is 48.5 Å². The number of piperidine rings is 1. The van der Waals surface area contributed by atoms with Crippen molar-refractivity contribution in [3.63, 3.8) is 0 Å². The van der Waals surface area contributed by atoms with Crippen molar-refractivity contribution in [3.8, 4) is 0 Å². The molecule has 2 aromatic rings. The summed E-state index contributed by atoms with van der Waals surface area (Å²) >= 11 is 0. The van der Waals surface area contributed by atoms with Gasteiger partial charge in [0.05, 0.1) is 13.0 Å². The molecular formula is C25H25N3O4. The predicted octanol–water partition coefficient (Wildman–Crippen LogP) is 2.41. The molecule has 0 unspecified atom stereocenters. The van der Waals surface area contributed by atoms with Gasteiger partial charge in [0.2, 0.25) is 5.91 Å². The largest absolute Gasteiger partial charge is 0.469 e. The molecule has 7 nitrogen and oxygen atoms in total. The number of benzene rings is 2. The molecular weight excluding hydrogens is 406 g/mol. The number of fused-ring (bicyclic) bond motifs is 7. The van der Waals surface area contributed by atoms with Gasteiger partial charge in [-0.25, -0.2) is 0 Å². The summed E-state index contributed by atoms with van der Waals surface area (Å²) in [6.45, 7) is 0.640. The molecule has 2 spiro atoms. The lowest BCUT2D eigenvalue weighted by molar-refractivity contribution is -0.152. The van der Waals surface area contributed by atoms with Crippen molar-refractivity contribution in [3.05, 3.63) is 59.7 Å². The Balaban J connectivity index is 1.79. The minimum Gasteiger partial charge on any atom is -0.469 e. The number of nitrogens with one attached hydrogen (secondary N) is 1. The van der Waals surface area contributed by atoms with Crippen LogP contribution in [-0.4, -0.2) is 49.4 Å². The van der Waals surface area contributed by atoms with Gasteiger partial charge in [-0.2, -0.15) is 0 Å². The van der Waals surface area contributed by atoms with Crippen LogP contribution in [0.3, 0.4) is 0 Å². The molecule has 4 aliphatic rings. The van der Waals surface area contributed by atoms with Gasteiger partial charge in [-0.05, 0) is 37.1 Å². The van der Waals surface area contributed by atoms with Crippen LogP contribution in [0.1, 0.15) is 30.4 Å². The predicted molar refractivity (Wildman–Crippen MR) is 118 cm³/mol. The number of carbonyl (C=O) groups excluding carboxylic acids is 3. The SMILES string of the molecule is COC(=O)[C@@H]1[C@H]2CCCCN2[C@]2(C(=O)Nc3ccccc32)[C@@]12C(=O)N(C)c1ccccc12. The number of para-hydroxylation sites is 2. The third-order valence-electron chi connectivity index (χ3n) is 8.08. The van der Waals surface area contributed by atoms with Crippen LogP contribution in [0.5, 0.6) is 0 Å². The summed E-state index contributed by atoms with van der Waals surface area (Å²) in [5.41, 5.74) is 0.211. The molecule has 32 heavy (non-hydrogen) atoms. The maximum atomic E-state index is 14.4. The molecule has 4 aliphatic heterocycles. The third-order valence-corrected chi connectivity index (χ3v) is 8.08. The van der Waals surface area contributed by atoms with Crippen molar-refractivity contribution < 1.29 is 19.1 Å². The highest BCUT2D eigenvalue weighted by Crippen LogP contribution is 2.67. The van der Waals surface area contributed by atoms with Crippen molar-refractivity contribution >= 4 is 29.2 Å². The molecule has 2 saturated heterocycles. The lowest BCUT2D eigenvalue weighted by Gasteiger charge is -2.45. The van der Waals surface area contributed by atoms with E-state index in [1.54, 1.807) is 11.9 Å². The quantitative estimate of drug-likeness (QED) is 0.702. The monoisotopic (exact) mass is 431 g/mol. The summed E-state index contributed by atoms with van der Waals surface area (Å²) in [6, 6.07) is 14.9. The maximum Gasteiger partial charge on any atom is 0.311 e. The first-order chi connectivity index (χ1) is 15.5. The van der Waals surface area contributed by atoms with Crippen LogP contribution < -0.4 is 10.2 Å². The van der Waals surface area contributed by atoms with Gasteiger partial charge in [0.25, 0.3) is 5.91 Å². The van der Waals surface area contributed by atoms with E-state index in [9.17, 15) is 14.4 Å². The molecule has 4 atom stereocenters. The molecule has 164 valence electrons. The van der Waals surface area contributed by atoms with Gasteiger partial charge < -0.3 is 15.0 Å². The number of ether oxygens (including phenoxy) is 1. The number of methoxy groups -OCH3 is 1. The summed E-state index contributed by atoms with van der Waals surface area (Å²) in [5, 5.41) is 3.05. The zero-order chi connectivity index (χ0) is 22.3. The van der Waals surface area contributed by atoms with E-state index in [1.165, 1.54) is 7.11 Å². The van der Waals surface area contributed by atoms with Gasteiger partial charge in [-0.1, -0.05) is 42.8 Å². The van der Waals surface area contributed by atoms with Gasteiger partial charge >= 0.3 is 5.97 Å². The van der Waals surface area contributed by atoms with Crippen LogP contribution in [0.4, 0.5) is 11.4 Å². The van der Waals surface area contributed by atoms with Crippen LogP contribution in [0, 0.1) is 5.92 Å². The Labute approximate surface area is 186 Å². The molecule has 1 N–H and O–H groups in total. The second-order valence-corrected chi connectivity index (χ2v) is 9.16. The van der Waals surface area contributed by atoms with Gasteiger partial charge in [0.1, 0.15) is 11.0 Å². The highest BCUT2D eigenvalue weighted by Gasteiger charge is 2.81. The van der Waals surface area contributed by atoms with E-state index in [0.29, 0.717) is 12.2 Å². The fourth-order valence-corrected chi connectivity index (χ4v) is 7.08. The molecule has 4 heterocycles. The van der Waals surface area contributed by atoms with E-state index in [0.717, 1.165) is 36.1 Å². The summed E-state index contributed by atoms with van der Waals surface area (Å²) < 4.78 is 5.33. The minimum atomic E-state index is -1.41. The maximum absolute atomic E-state index is 14.4. The van der Waals surface area contributed by atoms with Gasteiger partial charge in [-0.15, -0.1) is 0 Å². The number of hydrogen-bond donors (Lipinski definition) is 1. The number of rotatable bonds is 1. The highest BCUT2D eigenvalue weighted by atomic mass is 16.5.